The number of nitrogens with zero attached hydrogens (tertiary/aromatic N) is 5. The van der Waals surface area contributed by atoms with Gasteiger partial charge in [0, 0.05) is 65.4 Å². The summed E-state index contributed by atoms with van der Waals surface area (Å²) >= 11 is 0. The van der Waals surface area contributed by atoms with Crippen LogP contribution in [0.3, 0.4) is 0 Å². The Hall–Kier alpha value is -6.03. The fourth-order valence-electron chi connectivity index (χ4n) is 4.94. The molecule has 0 fully saturated rings. The molecule has 10 nitrogen and oxygen atoms in total. The fourth-order valence-corrected chi connectivity index (χ4v) is 4.94. The quantitative estimate of drug-likeness (QED) is 0.167. The third kappa shape index (κ3) is 6.80. The summed E-state index contributed by atoms with van der Waals surface area (Å²) in [6.45, 7) is 1.82. The van der Waals surface area contributed by atoms with E-state index in [1.54, 1.807) is 30.6 Å². The van der Waals surface area contributed by atoms with Crippen LogP contribution in [0.15, 0.2) is 115 Å². The highest BCUT2D eigenvalue weighted by molar-refractivity contribution is 6.12. The number of nitrogens with one attached hydrogen (secondary N) is 3. The molecule has 0 atom stereocenters. The summed E-state index contributed by atoms with van der Waals surface area (Å²) in [5.41, 5.74) is 7.81. The minimum absolute atomic E-state index is 0.0849. The molecule has 0 saturated carbocycles. The van der Waals surface area contributed by atoms with Crippen LogP contribution in [0.1, 0.15) is 23.7 Å². The zero-order valence-electron chi connectivity index (χ0n) is 25.2. The molecule has 0 bridgehead atoms. The maximum absolute atomic E-state index is 13.0. The van der Waals surface area contributed by atoms with Gasteiger partial charge < -0.3 is 20.9 Å². The van der Waals surface area contributed by atoms with Gasteiger partial charge in [0.1, 0.15) is 12.1 Å². The van der Waals surface area contributed by atoms with E-state index in [2.05, 4.69) is 37.1 Å². The minimum atomic E-state index is -0.260. The molecule has 1 aliphatic rings. The van der Waals surface area contributed by atoms with Crippen molar-refractivity contribution in [3.8, 4) is 11.3 Å². The van der Waals surface area contributed by atoms with Crippen LogP contribution in [-0.2, 0) is 4.79 Å². The van der Waals surface area contributed by atoms with Crippen molar-refractivity contribution in [2.75, 3.05) is 40.0 Å². The topological polar surface area (TPSA) is 115 Å². The molecule has 0 unspecified atom stereocenters. The maximum atomic E-state index is 13.0. The molecule has 10 heteroatoms. The molecule has 224 valence electrons. The number of hydrogen-bond acceptors (Lipinski definition) is 8. The third-order valence-electron chi connectivity index (χ3n) is 7.19. The van der Waals surface area contributed by atoms with Crippen LogP contribution >= 0.6 is 0 Å². The van der Waals surface area contributed by atoms with Crippen molar-refractivity contribution < 1.29 is 9.59 Å². The van der Waals surface area contributed by atoms with Crippen LogP contribution < -0.4 is 25.9 Å². The Balaban J connectivity index is 1.16. The van der Waals surface area contributed by atoms with Crippen molar-refractivity contribution in [2.45, 2.75) is 13.3 Å². The zero-order chi connectivity index (χ0) is 31.3. The average Bonchev–Trinajstić information content (AvgIpc) is 3.39. The molecule has 2 heterocycles. The van der Waals surface area contributed by atoms with Crippen molar-refractivity contribution in [1.29, 1.82) is 0 Å². The maximum Gasteiger partial charge on any atom is 0.255 e. The molecule has 1 aliphatic heterocycles. The van der Waals surface area contributed by atoms with Crippen molar-refractivity contribution in [3.63, 3.8) is 0 Å². The van der Waals surface area contributed by atoms with Crippen LogP contribution in [-0.4, -0.2) is 41.6 Å². The number of para-hydroxylation sites is 1. The van der Waals surface area contributed by atoms with E-state index >= 15 is 0 Å². The van der Waals surface area contributed by atoms with E-state index < -0.39 is 0 Å². The summed E-state index contributed by atoms with van der Waals surface area (Å²) in [6.07, 6.45) is 1.85. The van der Waals surface area contributed by atoms with Gasteiger partial charge in [0.15, 0.2) is 0 Å². The first-order valence-corrected chi connectivity index (χ1v) is 14.4. The second-order valence-corrected chi connectivity index (χ2v) is 10.8. The molecule has 45 heavy (non-hydrogen) atoms. The van der Waals surface area contributed by atoms with E-state index in [1.807, 2.05) is 98.7 Å². The largest absolute Gasteiger partial charge is 0.378 e. The minimum Gasteiger partial charge on any atom is -0.378 e. The summed E-state index contributed by atoms with van der Waals surface area (Å²) in [4.78, 5) is 36.2. The van der Waals surface area contributed by atoms with Crippen molar-refractivity contribution in [1.82, 2.24) is 9.97 Å². The fraction of sp³-hybridized carbons (Fsp3) is 0.114. The molecular formula is C35H32N8O2. The normalized spacial score (nSPS) is 12.5. The number of hydrazone groups is 1. The number of hydrogen-bond donors (Lipinski definition) is 3. The highest BCUT2D eigenvalue weighted by atomic mass is 16.2. The number of anilines is 7. The standard InChI is InChI=1S/C35H32N8O2/c1-23-18-34(44)43(41-23)28-16-14-24(15-17-28)35(45)40-26-9-6-8-25(19-26)38-31-13-5-4-12-30(31)32-21-33(37-22-36-32)39-27-10-7-11-29(20-27)42(2)3/h4-17,19-22,38H,18H2,1-3H3,(H,40,45)(H,36,37,39). The molecule has 0 saturated heterocycles. The van der Waals surface area contributed by atoms with Crippen LogP contribution in [0.5, 0.6) is 0 Å². The van der Waals surface area contributed by atoms with Crippen molar-refractivity contribution in [3.05, 3.63) is 115 Å². The van der Waals surface area contributed by atoms with E-state index in [1.165, 1.54) is 5.01 Å². The van der Waals surface area contributed by atoms with Crippen LogP contribution in [0.2, 0.25) is 0 Å². The third-order valence-corrected chi connectivity index (χ3v) is 7.19. The van der Waals surface area contributed by atoms with Gasteiger partial charge >= 0.3 is 0 Å². The lowest BCUT2D eigenvalue weighted by molar-refractivity contribution is -0.116. The second kappa shape index (κ2) is 12.7. The predicted molar refractivity (Wildman–Crippen MR) is 181 cm³/mol. The number of benzene rings is 4. The summed E-state index contributed by atoms with van der Waals surface area (Å²) < 4.78 is 0. The van der Waals surface area contributed by atoms with Gasteiger partial charge in [-0.1, -0.05) is 30.3 Å². The first-order valence-electron chi connectivity index (χ1n) is 14.4. The summed E-state index contributed by atoms with van der Waals surface area (Å²) in [5.74, 6) is 0.334. The smallest absolute Gasteiger partial charge is 0.255 e. The number of carbonyl (C=O) groups is 2. The van der Waals surface area contributed by atoms with E-state index in [-0.39, 0.29) is 11.8 Å². The first-order chi connectivity index (χ1) is 21.8. The zero-order valence-corrected chi connectivity index (χ0v) is 25.2. The van der Waals surface area contributed by atoms with E-state index in [4.69, 9.17) is 0 Å². The SMILES string of the molecule is CC1=NN(c2ccc(C(=O)Nc3cccc(Nc4ccccc4-c4cc(Nc5cccc(N(C)C)c5)ncn4)c3)cc2)C(=O)C1. The molecule has 0 radical (unpaired) electrons. The number of carbonyl (C=O) groups excluding carboxylic acids is 2. The molecule has 2 amide bonds. The van der Waals surface area contributed by atoms with Crippen molar-refractivity contribution >= 4 is 57.5 Å². The van der Waals surface area contributed by atoms with Crippen LogP contribution in [0.25, 0.3) is 11.3 Å². The molecule has 1 aromatic heterocycles. The first kappa shape index (κ1) is 29.1. The Bertz CT molecular complexity index is 1900. The Morgan fingerprint density at radius 1 is 0.800 bits per heavy atom. The van der Waals surface area contributed by atoms with Gasteiger partial charge in [-0.05, 0) is 73.7 Å². The molecule has 4 aromatic carbocycles. The predicted octanol–water partition coefficient (Wildman–Crippen LogP) is 7.06. The van der Waals surface area contributed by atoms with Gasteiger partial charge in [0.2, 0.25) is 0 Å². The Morgan fingerprint density at radius 2 is 1.53 bits per heavy atom. The highest BCUT2D eigenvalue weighted by Crippen LogP contribution is 2.31. The van der Waals surface area contributed by atoms with Gasteiger partial charge in [0.25, 0.3) is 11.8 Å². The Labute approximate surface area is 261 Å². The second-order valence-electron chi connectivity index (χ2n) is 10.8. The van der Waals surface area contributed by atoms with E-state index in [9.17, 15) is 9.59 Å². The molecule has 0 aliphatic carbocycles. The number of aromatic nitrogens is 2. The Morgan fingerprint density at radius 3 is 2.29 bits per heavy atom. The van der Waals surface area contributed by atoms with Crippen LogP contribution in [0, 0.1) is 0 Å². The molecule has 6 rings (SSSR count). The number of amides is 2. The average molecular weight is 597 g/mol. The van der Waals surface area contributed by atoms with E-state index in [0.717, 1.165) is 39.7 Å². The molecule has 0 spiro atoms. The van der Waals surface area contributed by atoms with Gasteiger partial charge in [-0.25, -0.2) is 15.0 Å². The van der Waals surface area contributed by atoms with Crippen molar-refractivity contribution in [2.24, 2.45) is 5.10 Å². The summed E-state index contributed by atoms with van der Waals surface area (Å²) in [6, 6.07) is 32.2. The summed E-state index contributed by atoms with van der Waals surface area (Å²) in [7, 11) is 4.01. The van der Waals surface area contributed by atoms with Gasteiger partial charge in [0.05, 0.1) is 17.8 Å². The van der Waals surface area contributed by atoms with Gasteiger partial charge in [-0.2, -0.15) is 5.10 Å². The highest BCUT2D eigenvalue weighted by Gasteiger charge is 2.22. The van der Waals surface area contributed by atoms with Gasteiger partial charge in [-0.15, -0.1) is 0 Å². The molecular weight excluding hydrogens is 564 g/mol. The Kier molecular flexibility index (Phi) is 8.19. The molecule has 3 N–H and O–H groups in total. The van der Waals surface area contributed by atoms with Gasteiger partial charge in [-0.3, -0.25) is 9.59 Å². The van der Waals surface area contributed by atoms with E-state index in [0.29, 0.717) is 29.2 Å². The lowest BCUT2D eigenvalue weighted by Crippen LogP contribution is -2.19. The lowest BCUT2D eigenvalue weighted by Gasteiger charge is -2.15. The molecule has 5 aromatic rings. The monoisotopic (exact) mass is 596 g/mol. The van der Waals surface area contributed by atoms with Crippen LogP contribution in [0.4, 0.5) is 39.9 Å². The lowest BCUT2D eigenvalue weighted by atomic mass is 10.1. The summed E-state index contributed by atoms with van der Waals surface area (Å²) in [5, 5.41) is 15.4. The number of rotatable bonds is 9.